The molecule has 2 rings (SSSR count). The van der Waals surface area contributed by atoms with Crippen LogP contribution in [0.15, 0.2) is 22.7 Å². The Kier molecular flexibility index (Phi) is 3.61. The normalized spacial score (nSPS) is 14.8. The molecule has 1 aromatic carbocycles. The van der Waals surface area contributed by atoms with Crippen molar-refractivity contribution < 1.29 is 4.79 Å². The number of fused-ring (bicyclic) bond motifs is 1. The van der Waals surface area contributed by atoms with E-state index < -0.39 is 0 Å². The number of carbonyl (C=O) groups is 1. The molecule has 16 heavy (non-hydrogen) atoms. The van der Waals surface area contributed by atoms with Gasteiger partial charge in [-0.3, -0.25) is 4.79 Å². The number of nitrogens with zero attached hydrogens (tertiary/aromatic N) is 1. The van der Waals surface area contributed by atoms with Crippen LogP contribution < -0.4 is 5.32 Å². The number of carbonyl (C=O) groups excluding carboxylic acids is 1. The van der Waals surface area contributed by atoms with Gasteiger partial charge in [0, 0.05) is 17.6 Å². The minimum Gasteiger partial charge on any atom is -0.337 e. The Morgan fingerprint density at radius 2 is 2.38 bits per heavy atom. The minimum absolute atomic E-state index is 0.170. The molecule has 0 spiro atoms. The quantitative estimate of drug-likeness (QED) is 0.893. The molecular weight excluding hydrogens is 268 g/mol. The smallest absolute Gasteiger partial charge is 0.236 e. The first-order chi connectivity index (χ1) is 7.72. The van der Waals surface area contributed by atoms with Crippen LogP contribution >= 0.6 is 15.9 Å². The molecule has 0 saturated carbocycles. The van der Waals surface area contributed by atoms with Crippen LogP contribution in [0.4, 0.5) is 0 Å². The molecule has 86 valence electrons. The first kappa shape index (κ1) is 11.6. The number of benzene rings is 1. The fraction of sp³-hybridized carbons (Fsp3) is 0.417. The van der Waals surface area contributed by atoms with Gasteiger partial charge in [0.1, 0.15) is 0 Å². The second-order valence-corrected chi connectivity index (χ2v) is 4.83. The summed E-state index contributed by atoms with van der Waals surface area (Å²) in [5, 5.41) is 2.90. The highest BCUT2D eigenvalue weighted by Crippen LogP contribution is 2.26. The summed E-state index contributed by atoms with van der Waals surface area (Å²) >= 11 is 3.54. The van der Waals surface area contributed by atoms with E-state index in [1.54, 1.807) is 7.05 Å². The van der Waals surface area contributed by atoms with Crippen molar-refractivity contribution in [1.82, 2.24) is 10.2 Å². The molecular formula is C12H15BrN2O. The molecule has 1 aliphatic heterocycles. The van der Waals surface area contributed by atoms with E-state index in [1.165, 1.54) is 11.1 Å². The number of amides is 1. The van der Waals surface area contributed by atoms with E-state index in [0.29, 0.717) is 6.54 Å². The summed E-state index contributed by atoms with van der Waals surface area (Å²) in [6.07, 6.45) is 0.949. The largest absolute Gasteiger partial charge is 0.337 e. The van der Waals surface area contributed by atoms with Gasteiger partial charge in [0.25, 0.3) is 0 Å². The maximum Gasteiger partial charge on any atom is 0.236 e. The highest BCUT2D eigenvalue weighted by molar-refractivity contribution is 9.10. The fourth-order valence-electron chi connectivity index (χ4n) is 2.02. The Hall–Kier alpha value is -0.870. The molecule has 1 aliphatic rings. The van der Waals surface area contributed by atoms with Gasteiger partial charge in [0.05, 0.1) is 6.54 Å². The number of likely N-dealkylation sites (N-methyl/N-ethyl adjacent to an activating group) is 1. The van der Waals surface area contributed by atoms with Crippen molar-refractivity contribution in [2.75, 3.05) is 20.1 Å². The van der Waals surface area contributed by atoms with E-state index >= 15 is 0 Å². The van der Waals surface area contributed by atoms with E-state index in [0.717, 1.165) is 24.0 Å². The van der Waals surface area contributed by atoms with E-state index in [9.17, 15) is 4.79 Å². The lowest BCUT2D eigenvalue weighted by Crippen LogP contribution is -2.40. The molecule has 4 heteroatoms. The molecule has 0 atom stereocenters. The van der Waals surface area contributed by atoms with Crippen LogP contribution in [0.1, 0.15) is 11.1 Å². The summed E-state index contributed by atoms with van der Waals surface area (Å²) in [6, 6.07) is 6.22. The Bertz CT molecular complexity index is 406. The van der Waals surface area contributed by atoms with Crippen LogP contribution in [-0.4, -0.2) is 30.9 Å². The molecule has 1 heterocycles. The van der Waals surface area contributed by atoms with Crippen molar-refractivity contribution in [3.05, 3.63) is 33.8 Å². The van der Waals surface area contributed by atoms with Gasteiger partial charge in [-0.2, -0.15) is 0 Å². The summed E-state index contributed by atoms with van der Waals surface area (Å²) in [6.45, 7) is 1.96. The SMILES string of the molecule is CNCC(=O)N1CCc2cccc(Br)c2C1. The Balaban J connectivity index is 2.17. The van der Waals surface area contributed by atoms with Gasteiger partial charge in [0.15, 0.2) is 0 Å². The molecule has 0 fully saturated rings. The molecule has 1 N–H and O–H groups in total. The molecule has 3 nitrogen and oxygen atoms in total. The van der Waals surface area contributed by atoms with E-state index in [1.807, 2.05) is 17.0 Å². The van der Waals surface area contributed by atoms with Gasteiger partial charge >= 0.3 is 0 Å². The van der Waals surface area contributed by atoms with E-state index in [4.69, 9.17) is 0 Å². The van der Waals surface area contributed by atoms with Crippen LogP contribution in [0.3, 0.4) is 0 Å². The van der Waals surface area contributed by atoms with Crippen LogP contribution in [0.25, 0.3) is 0 Å². The molecule has 1 aromatic rings. The Morgan fingerprint density at radius 3 is 3.12 bits per heavy atom. The third-order valence-electron chi connectivity index (χ3n) is 2.90. The highest BCUT2D eigenvalue weighted by Gasteiger charge is 2.21. The fourth-order valence-corrected chi connectivity index (χ4v) is 2.55. The van der Waals surface area contributed by atoms with Crippen molar-refractivity contribution in [3.63, 3.8) is 0 Å². The Labute approximate surface area is 104 Å². The van der Waals surface area contributed by atoms with Crippen LogP contribution in [0.5, 0.6) is 0 Å². The average Bonchev–Trinajstić information content (AvgIpc) is 2.29. The number of hydrogen-bond donors (Lipinski definition) is 1. The first-order valence-electron chi connectivity index (χ1n) is 5.41. The maximum absolute atomic E-state index is 11.8. The third kappa shape index (κ3) is 2.28. The van der Waals surface area contributed by atoms with Crippen molar-refractivity contribution in [2.24, 2.45) is 0 Å². The zero-order valence-electron chi connectivity index (χ0n) is 9.29. The summed E-state index contributed by atoms with van der Waals surface area (Å²) in [5.41, 5.74) is 2.60. The topological polar surface area (TPSA) is 32.3 Å². The number of rotatable bonds is 2. The lowest BCUT2D eigenvalue weighted by Gasteiger charge is -2.29. The van der Waals surface area contributed by atoms with E-state index in [2.05, 4.69) is 27.3 Å². The van der Waals surface area contributed by atoms with Crippen molar-refractivity contribution in [1.29, 1.82) is 0 Å². The minimum atomic E-state index is 0.170. The summed E-state index contributed by atoms with van der Waals surface area (Å²) in [7, 11) is 1.80. The molecule has 0 aliphatic carbocycles. The van der Waals surface area contributed by atoms with Crippen LogP contribution in [0, 0.1) is 0 Å². The second kappa shape index (κ2) is 4.97. The first-order valence-corrected chi connectivity index (χ1v) is 6.20. The lowest BCUT2D eigenvalue weighted by molar-refractivity contribution is -0.131. The Morgan fingerprint density at radius 1 is 1.56 bits per heavy atom. The summed E-state index contributed by atoms with van der Waals surface area (Å²) in [4.78, 5) is 13.7. The van der Waals surface area contributed by atoms with Crippen LogP contribution in [0.2, 0.25) is 0 Å². The zero-order chi connectivity index (χ0) is 11.5. The third-order valence-corrected chi connectivity index (χ3v) is 3.64. The molecule has 0 bridgehead atoms. The van der Waals surface area contributed by atoms with Crippen molar-refractivity contribution >= 4 is 21.8 Å². The summed E-state index contributed by atoms with van der Waals surface area (Å²) < 4.78 is 1.10. The number of hydrogen-bond acceptors (Lipinski definition) is 2. The maximum atomic E-state index is 11.8. The number of halogens is 1. The van der Waals surface area contributed by atoms with Gasteiger partial charge in [-0.15, -0.1) is 0 Å². The molecule has 1 amide bonds. The number of nitrogens with one attached hydrogen (secondary N) is 1. The lowest BCUT2D eigenvalue weighted by atomic mass is 10.00. The predicted octanol–water partition coefficient (Wildman–Crippen LogP) is 1.55. The molecule has 0 aromatic heterocycles. The van der Waals surface area contributed by atoms with Gasteiger partial charge in [-0.1, -0.05) is 28.1 Å². The predicted molar refractivity (Wildman–Crippen MR) is 67.2 cm³/mol. The van der Waals surface area contributed by atoms with Gasteiger partial charge in [-0.25, -0.2) is 0 Å². The highest BCUT2D eigenvalue weighted by atomic mass is 79.9. The standard InChI is InChI=1S/C12H15BrN2O/c1-14-7-12(16)15-6-5-9-3-2-4-11(13)10(9)8-15/h2-4,14H,5-8H2,1H3. The van der Waals surface area contributed by atoms with E-state index in [-0.39, 0.29) is 5.91 Å². The average molecular weight is 283 g/mol. The van der Waals surface area contributed by atoms with Gasteiger partial charge in [-0.05, 0) is 30.7 Å². The van der Waals surface area contributed by atoms with Gasteiger partial charge in [0.2, 0.25) is 5.91 Å². The monoisotopic (exact) mass is 282 g/mol. The second-order valence-electron chi connectivity index (χ2n) is 3.97. The molecule has 0 saturated heterocycles. The van der Waals surface area contributed by atoms with Crippen LogP contribution in [-0.2, 0) is 17.8 Å². The zero-order valence-corrected chi connectivity index (χ0v) is 10.9. The molecule has 0 unspecified atom stereocenters. The molecule has 0 radical (unpaired) electrons. The van der Waals surface area contributed by atoms with Crippen molar-refractivity contribution in [2.45, 2.75) is 13.0 Å². The van der Waals surface area contributed by atoms with Gasteiger partial charge < -0.3 is 10.2 Å². The summed E-state index contributed by atoms with van der Waals surface area (Å²) in [5.74, 6) is 0.170. The van der Waals surface area contributed by atoms with Crippen molar-refractivity contribution in [3.8, 4) is 0 Å².